The number of thiocarbonyl (C=S) groups is 1. The smallest absolute Gasteiger partial charge is 0.276 e. The van der Waals surface area contributed by atoms with Crippen molar-refractivity contribution in [1.82, 2.24) is 10.4 Å². The Morgan fingerprint density at radius 3 is 2.68 bits per heavy atom. The molecule has 0 radical (unpaired) electrons. The topological polar surface area (TPSA) is 67.6 Å². The van der Waals surface area contributed by atoms with Crippen molar-refractivity contribution in [2.75, 3.05) is 6.61 Å². The van der Waals surface area contributed by atoms with Crippen molar-refractivity contribution in [3.63, 3.8) is 0 Å². The molecule has 0 saturated heterocycles. The summed E-state index contributed by atoms with van der Waals surface area (Å²) in [6.07, 6.45) is 8.80. The minimum Gasteiger partial charge on any atom is -0.483 e. The first kappa shape index (κ1) is 18.0. The molecule has 1 amide bonds. The molecule has 0 heterocycles. The van der Waals surface area contributed by atoms with Crippen LogP contribution in [0.25, 0.3) is 0 Å². The maximum atomic E-state index is 12.3. The first-order valence-corrected chi connectivity index (χ1v) is 9.59. The molecule has 0 unspecified atom stereocenters. The summed E-state index contributed by atoms with van der Waals surface area (Å²) in [6.45, 7) is 2.10. The number of rotatable bonds is 4. The van der Waals surface area contributed by atoms with E-state index in [0.717, 1.165) is 50.7 Å². The predicted octanol–water partition coefficient (Wildman–Crippen LogP) is 2.77. The molecule has 0 aromatic heterocycles. The number of nitrogens with two attached hydrogens (primary N) is 1. The third-order valence-electron chi connectivity index (χ3n) is 5.26. The minimum absolute atomic E-state index is 0.0265. The number of benzene rings is 1. The van der Waals surface area contributed by atoms with E-state index < -0.39 is 0 Å². The number of carbonyl (C=O) groups is 1. The second-order valence-electron chi connectivity index (χ2n) is 7.01. The molecule has 6 heteroatoms. The van der Waals surface area contributed by atoms with E-state index >= 15 is 0 Å². The highest BCUT2D eigenvalue weighted by atomic mass is 32.1. The van der Waals surface area contributed by atoms with Crippen molar-refractivity contribution in [1.29, 1.82) is 0 Å². The van der Waals surface area contributed by atoms with E-state index in [-0.39, 0.29) is 23.7 Å². The third kappa shape index (κ3) is 4.24. The number of hydrogen-bond acceptors (Lipinski definition) is 3. The molecule has 2 aliphatic carbocycles. The van der Waals surface area contributed by atoms with Crippen LogP contribution < -0.4 is 15.9 Å². The van der Waals surface area contributed by atoms with E-state index in [9.17, 15) is 4.79 Å². The molecule has 136 valence electrons. The summed E-state index contributed by atoms with van der Waals surface area (Å²) in [5.41, 5.74) is 12.6. The Morgan fingerprint density at radius 1 is 1.24 bits per heavy atom. The average molecular weight is 362 g/mol. The van der Waals surface area contributed by atoms with Crippen LogP contribution in [0.1, 0.15) is 55.2 Å². The third-order valence-corrected chi connectivity index (χ3v) is 5.45. The number of nitrogens with zero attached hydrogens (tertiary/aromatic N) is 1. The lowest BCUT2D eigenvalue weighted by Gasteiger charge is -2.34. The Hall–Kier alpha value is -1.82. The van der Waals surface area contributed by atoms with Crippen molar-refractivity contribution in [2.24, 2.45) is 5.73 Å². The summed E-state index contributed by atoms with van der Waals surface area (Å²) < 4.78 is 5.81. The fraction of sp³-hybridized carbons (Fsp3) is 0.579. The van der Waals surface area contributed by atoms with Gasteiger partial charge in [0.25, 0.3) is 5.91 Å². The lowest BCUT2D eigenvalue weighted by Crippen LogP contribution is -2.55. The second kappa shape index (κ2) is 8.04. The molecule has 1 aromatic carbocycles. The fourth-order valence-electron chi connectivity index (χ4n) is 3.96. The summed E-state index contributed by atoms with van der Waals surface area (Å²) in [5, 5.41) is 1.87. The van der Waals surface area contributed by atoms with Crippen LogP contribution in [-0.4, -0.2) is 28.7 Å². The van der Waals surface area contributed by atoms with Crippen molar-refractivity contribution >= 4 is 23.2 Å². The number of amides is 1. The number of nitrogens with one attached hydrogen (secondary N) is 1. The molecule has 0 bridgehead atoms. The summed E-state index contributed by atoms with van der Waals surface area (Å²) in [5.74, 6) is 0.610. The van der Waals surface area contributed by atoms with Gasteiger partial charge in [-0.25, -0.2) is 0 Å². The van der Waals surface area contributed by atoms with Gasteiger partial charge in [-0.2, -0.15) is 0 Å². The van der Waals surface area contributed by atoms with Crippen LogP contribution in [0, 0.1) is 6.92 Å². The van der Waals surface area contributed by atoms with Crippen LogP contribution in [0.5, 0.6) is 5.75 Å². The molecule has 0 spiro atoms. The van der Waals surface area contributed by atoms with E-state index in [1.165, 1.54) is 23.1 Å². The summed E-state index contributed by atoms with van der Waals surface area (Å²) in [7, 11) is 0. The zero-order chi connectivity index (χ0) is 17.8. The highest BCUT2D eigenvalue weighted by Gasteiger charge is 2.24. The van der Waals surface area contributed by atoms with Gasteiger partial charge in [-0.1, -0.05) is 25.3 Å². The number of ether oxygens (including phenoxy) is 1. The molecular formula is C19H27N3O2S. The molecule has 1 fully saturated rings. The monoisotopic (exact) mass is 361 g/mol. The van der Waals surface area contributed by atoms with Crippen LogP contribution in [0.4, 0.5) is 0 Å². The van der Waals surface area contributed by atoms with Gasteiger partial charge in [-0.3, -0.25) is 15.2 Å². The number of fused-ring (bicyclic) bond motifs is 1. The van der Waals surface area contributed by atoms with Gasteiger partial charge in [-0.15, -0.1) is 0 Å². The van der Waals surface area contributed by atoms with Crippen molar-refractivity contribution in [2.45, 2.75) is 64.3 Å². The molecule has 1 aromatic rings. The molecule has 5 nitrogen and oxygen atoms in total. The largest absolute Gasteiger partial charge is 0.483 e. The lowest BCUT2D eigenvalue weighted by atomic mass is 9.95. The van der Waals surface area contributed by atoms with Gasteiger partial charge in [-0.05, 0) is 74.0 Å². The van der Waals surface area contributed by atoms with Crippen molar-refractivity contribution < 1.29 is 9.53 Å². The predicted molar refractivity (Wildman–Crippen MR) is 102 cm³/mol. The zero-order valence-electron chi connectivity index (χ0n) is 14.8. The van der Waals surface area contributed by atoms with E-state index in [4.69, 9.17) is 22.7 Å². The second-order valence-corrected chi connectivity index (χ2v) is 7.43. The Kier molecular flexibility index (Phi) is 5.78. The highest BCUT2D eigenvalue weighted by molar-refractivity contribution is 7.80. The summed E-state index contributed by atoms with van der Waals surface area (Å²) in [6, 6.07) is 4.23. The van der Waals surface area contributed by atoms with Gasteiger partial charge >= 0.3 is 0 Å². The standard InChI is InChI=1S/C19H27N3O2S/c1-13-10-11-17(16-9-5-8-15(13)16)24-12-18(23)21-22(19(20)25)14-6-3-2-4-7-14/h10-11,14H,2-9,12H2,1H3,(H2,20,25)(H,21,23). The van der Waals surface area contributed by atoms with Gasteiger partial charge in [0.05, 0.1) is 6.04 Å². The summed E-state index contributed by atoms with van der Waals surface area (Å²) in [4.78, 5) is 12.3. The minimum atomic E-state index is -0.217. The highest BCUT2D eigenvalue weighted by Crippen LogP contribution is 2.32. The quantitative estimate of drug-likeness (QED) is 0.638. The maximum Gasteiger partial charge on any atom is 0.276 e. The van der Waals surface area contributed by atoms with E-state index in [1.54, 1.807) is 5.01 Å². The van der Waals surface area contributed by atoms with Crippen LogP contribution in [0.3, 0.4) is 0 Å². The molecule has 3 N–H and O–H groups in total. The van der Waals surface area contributed by atoms with E-state index in [0.29, 0.717) is 0 Å². The molecule has 3 rings (SSSR count). The fourth-order valence-corrected chi connectivity index (χ4v) is 4.16. The Balaban J connectivity index is 1.59. The molecule has 0 atom stereocenters. The van der Waals surface area contributed by atoms with Crippen LogP contribution in [-0.2, 0) is 17.6 Å². The zero-order valence-corrected chi connectivity index (χ0v) is 15.7. The first-order valence-electron chi connectivity index (χ1n) is 9.18. The van der Waals surface area contributed by atoms with E-state index in [1.807, 2.05) is 6.07 Å². The molecule has 1 saturated carbocycles. The van der Waals surface area contributed by atoms with Gasteiger partial charge < -0.3 is 10.5 Å². The van der Waals surface area contributed by atoms with Crippen molar-refractivity contribution in [3.05, 3.63) is 28.8 Å². The SMILES string of the molecule is Cc1ccc(OCC(=O)NN(C(N)=S)C2CCCCC2)c2c1CCC2. The van der Waals surface area contributed by atoms with Gasteiger partial charge in [0, 0.05) is 0 Å². The Labute approximate surface area is 154 Å². The van der Waals surface area contributed by atoms with Crippen LogP contribution in [0.15, 0.2) is 12.1 Å². The Bertz CT molecular complexity index is 656. The Morgan fingerprint density at radius 2 is 1.96 bits per heavy atom. The van der Waals surface area contributed by atoms with Gasteiger partial charge in [0.1, 0.15) is 5.75 Å². The first-order chi connectivity index (χ1) is 12.1. The number of hydrogen-bond donors (Lipinski definition) is 2. The number of aryl methyl sites for hydroxylation is 1. The summed E-state index contributed by atoms with van der Waals surface area (Å²) >= 11 is 5.12. The maximum absolute atomic E-state index is 12.3. The molecular weight excluding hydrogens is 334 g/mol. The number of hydrazine groups is 1. The molecule has 0 aliphatic heterocycles. The molecule has 25 heavy (non-hydrogen) atoms. The average Bonchev–Trinajstić information content (AvgIpc) is 3.10. The van der Waals surface area contributed by atoms with Gasteiger partial charge in [0.15, 0.2) is 11.7 Å². The van der Waals surface area contributed by atoms with Crippen LogP contribution >= 0.6 is 12.2 Å². The lowest BCUT2D eigenvalue weighted by molar-refractivity contribution is -0.127. The van der Waals surface area contributed by atoms with E-state index in [2.05, 4.69) is 18.4 Å². The normalized spacial score (nSPS) is 17.0. The number of carbonyl (C=O) groups excluding carboxylic acids is 1. The van der Waals surface area contributed by atoms with Gasteiger partial charge in [0.2, 0.25) is 0 Å². The molecule has 2 aliphatic rings. The van der Waals surface area contributed by atoms with Crippen LogP contribution in [0.2, 0.25) is 0 Å². The van der Waals surface area contributed by atoms with Crippen molar-refractivity contribution in [3.8, 4) is 5.75 Å².